The van der Waals surface area contributed by atoms with Crippen LogP contribution in [0, 0.1) is 11.8 Å². The zero-order chi connectivity index (χ0) is 16.1. The highest BCUT2D eigenvalue weighted by Crippen LogP contribution is 2.39. The number of carbonyl (C=O) groups is 1. The zero-order valence-electron chi connectivity index (χ0n) is 11.7. The quantitative estimate of drug-likeness (QED) is 0.924. The number of aliphatic carboxylic acids is 1. The van der Waals surface area contributed by atoms with Crippen molar-refractivity contribution < 1.29 is 23.1 Å². The Morgan fingerprint density at radius 2 is 2.00 bits per heavy atom. The molecule has 0 aliphatic carbocycles. The highest BCUT2D eigenvalue weighted by atomic mass is 19.4. The Balaban J connectivity index is 1.98. The first-order valence-corrected chi connectivity index (χ1v) is 6.75. The van der Waals surface area contributed by atoms with Crippen molar-refractivity contribution >= 4 is 23.0 Å². The van der Waals surface area contributed by atoms with Crippen LogP contribution in [-0.2, 0) is 11.8 Å². The molecule has 1 saturated heterocycles. The Kier molecular flexibility index (Phi) is 3.26. The number of hydrogen-bond acceptors (Lipinski definition) is 3. The number of benzene rings is 1. The number of imidazole rings is 1. The number of rotatable bonds is 2. The summed E-state index contributed by atoms with van der Waals surface area (Å²) in [5.74, 6) is -4.42. The van der Waals surface area contributed by atoms with Gasteiger partial charge in [0.2, 0.25) is 5.95 Å². The molecule has 0 radical (unpaired) electrons. The molecule has 1 N–H and O–H groups in total. The van der Waals surface area contributed by atoms with E-state index in [0.29, 0.717) is 11.5 Å². The molecule has 0 spiro atoms. The maximum atomic E-state index is 13.0. The van der Waals surface area contributed by atoms with Crippen LogP contribution in [0.5, 0.6) is 0 Å². The number of alkyl halides is 3. The van der Waals surface area contributed by atoms with E-state index in [9.17, 15) is 18.0 Å². The Hall–Kier alpha value is -2.25. The normalized spacial score (nSPS) is 22.5. The number of carboxylic acids is 1. The van der Waals surface area contributed by atoms with E-state index in [1.54, 1.807) is 23.7 Å². The molecule has 1 fully saturated rings. The minimum Gasteiger partial charge on any atom is -0.481 e. The van der Waals surface area contributed by atoms with Crippen LogP contribution in [0.1, 0.15) is 0 Å². The van der Waals surface area contributed by atoms with Crippen molar-refractivity contribution in [3.05, 3.63) is 24.3 Å². The van der Waals surface area contributed by atoms with Gasteiger partial charge in [0, 0.05) is 20.1 Å². The van der Waals surface area contributed by atoms with E-state index in [0.717, 1.165) is 5.52 Å². The first-order valence-electron chi connectivity index (χ1n) is 6.75. The number of aromatic nitrogens is 2. The van der Waals surface area contributed by atoms with Crippen LogP contribution in [0.4, 0.5) is 19.1 Å². The first kappa shape index (κ1) is 14.7. The van der Waals surface area contributed by atoms with E-state index in [1.807, 2.05) is 12.1 Å². The fourth-order valence-electron chi connectivity index (χ4n) is 2.96. The summed E-state index contributed by atoms with van der Waals surface area (Å²) < 4.78 is 40.8. The molecule has 3 rings (SSSR count). The van der Waals surface area contributed by atoms with Crippen molar-refractivity contribution in [2.75, 3.05) is 18.0 Å². The standard InChI is InChI=1S/C14H14F3N3O2/c1-19-11-5-3-2-4-10(11)18-13(19)20-6-8(12(21)22)9(7-20)14(15,16)17/h2-5,8-9H,6-7H2,1H3,(H,21,22)/t8-,9-/m1/s1. The predicted octanol–water partition coefficient (Wildman–Crippen LogP) is 2.27. The van der Waals surface area contributed by atoms with Crippen molar-refractivity contribution in [2.45, 2.75) is 6.18 Å². The minimum atomic E-state index is -4.54. The predicted molar refractivity (Wildman–Crippen MR) is 73.6 cm³/mol. The summed E-state index contributed by atoms with van der Waals surface area (Å²) in [6.45, 7) is -0.589. The molecular weight excluding hydrogens is 299 g/mol. The number of aryl methyl sites for hydroxylation is 1. The van der Waals surface area contributed by atoms with E-state index < -0.39 is 30.5 Å². The third-order valence-electron chi connectivity index (χ3n) is 4.10. The number of nitrogens with zero attached hydrogens (tertiary/aromatic N) is 3. The molecule has 5 nitrogen and oxygen atoms in total. The maximum Gasteiger partial charge on any atom is 0.394 e. The van der Waals surface area contributed by atoms with Gasteiger partial charge in [0.05, 0.1) is 22.9 Å². The molecule has 1 aromatic carbocycles. The molecular formula is C14H14F3N3O2. The number of anilines is 1. The van der Waals surface area contributed by atoms with Crippen molar-refractivity contribution in [2.24, 2.45) is 18.9 Å². The molecule has 118 valence electrons. The Labute approximate surface area is 124 Å². The van der Waals surface area contributed by atoms with Gasteiger partial charge in [-0.05, 0) is 12.1 Å². The van der Waals surface area contributed by atoms with Crippen molar-refractivity contribution in [1.82, 2.24) is 9.55 Å². The summed E-state index contributed by atoms with van der Waals surface area (Å²) in [5, 5.41) is 9.07. The van der Waals surface area contributed by atoms with Crippen molar-refractivity contribution in [3.8, 4) is 0 Å². The van der Waals surface area contributed by atoms with Crippen LogP contribution in [0.2, 0.25) is 0 Å². The lowest BCUT2D eigenvalue weighted by atomic mass is 9.96. The number of carboxylic acid groups (broad SMARTS) is 1. The molecule has 1 aliphatic rings. The molecule has 8 heteroatoms. The summed E-state index contributed by atoms with van der Waals surface area (Å²) in [6.07, 6.45) is -4.54. The summed E-state index contributed by atoms with van der Waals surface area (Å²) in [5.41, 5.74) is 1.46. The van der Waals surface area contributed by atoms with E-state index in [4.69, 9.17) is 5.11 Å². The fourth-order valence-corrected chi connectivity index (χ4v) is 2.96. The second kappa shape index (κ2) is 4.89. The fraction of sp³-hybridized carbons (Fsp3) is 0.429. The van der Waals surface area contributed by atoms with E-state index in [1.165, 1.54) is 4.90 Å². The summed E-state index contributed by atoms with van der Waals surface area (Å²) in [4.78, 5) is 16.9. The molecule has 2 aromatic rings. The lowest BCUT2D eigenvalue weighted by Crippen LogP contribution is -2.33. The van der Waals surface area contributed by atoms with Crippen LogP contribution >= 0.6 is 0 Å². The third kappa shape index (κ3) is 2.28. The smallest absolute Gasteiger partial charge is 0.394 e. The number of hydrogen-bond donors (Lipinski definition) is 1. The lowest BCUT2D eigenvalue weighted by molar-refractivity contribution is -0.187. The van der Waals surface area contributed by atoms with Crippen molar-refractivity contribution in [3.63, 3.8) is 0 Å². The van der Waals surface area contributed by atoms with Gasteiger partial charge in [-0.2, -0.15) is 13.2 Å². The molecule has 0 amide bonds. The Morgan fingerprint density at radius 1 is 1.32 bits per heavy atom. The average Bonchev–Trinajstić information content (AvgIpc) is 3.01. The van der Waals surface area contributed by atoms with E-state index >= 15 is 0 Å². The van der Waals surface area contributed by atoms with Gasteiger partial charge in [0.1, 0.15) is 0 Å². The number of halogens is 3. The molecule has 1 aliphatic heterocycles. The van der Waals surface area contributed by atoms with Crippen LogP contribution in [-0.4, -0.2) is 39.9 Å². The molecule has 2 heterocycles. The highest BCUT2D eigenvalue weighted by Gasteiger charge is 2.53. The molecule has 0 unspecified atom stereocenters. The van der Waals surface area contributed by atoms with E-state index in [-0.39, 0.29) is 6.54 Å². The largest absolute Gasteiger partial charge is 0.481 e. The van der Waals surface area contributed by atoms with Gasteiger partial charge in [-0.1, -0.05) is 12.1 Å². The average molecular weight is 313 g/mol. The minimum absolute atomic E-state index is 0.198. The Bertz CT molecular complexity index is 726. The Morgan fingerprint density at radius 3 is 2.55 bits per heavy atom. The second-order valence-electron chi connectivity index (χ2n) is 5.46. The zero-order valence-corrected chi connectivity index (χ0v) is 11.7. The van der Waals surface area contributed by atoms with Gasteiger partial charge in [-0.15, -0.1) is 0 Å². The molecule has 2 atom stereocenters. The van der Waals surface area contributed by atoms with Crippen LogP contribution in [0.3, 0.4) is 0 Å². The highest BCUT2D eigenvalue weighted by molar-refractivity contribution is 5.79. The monoisotopic (exact) mass is 313 g/mol. The molecule has 0 bridgehead atoms. The number of para-hydroxylation sites is 2. The summed E-state index contributed by atoms with van der Waals surface area (Å²) in [6, 6.07) is 7.20. The van der Waals surface area contributed by atoms with Crippen molar-refractivity contribution in [1.29, 1.82) is 0 Å². The van der Waals surface area contributed by atoms with Gasteiger partial charge in [-0.3, -0.25) is 4.79 Å². The SMILES string of the molecule is Cn1c(N2C[C@@H](C(F)(F)F)[C@H](C(=O)O)C2)nc2ccccc21. The van der Waals surface area contributed by atoms with Crippen LogP contribution < -0.4 is 4.90 Å². The molecule has 22 heavy (non-hydrogen) atoms. The lowest BCUT2D eigenvalue weighted by Gasteiger charge is -2.18. The molecule has 0 saturated carbocycles. The van der Waals surface area contributed by atoms with Crippen LogP contribution in [0.15, 0.2) is 24.3 Å². The van der Waals surface area contributed by atoms with Gasteiger partial charge in [0.25, 0.3) is 0 Å². The maximum absolute atomic E-state index is 13.0. The third-order valence-corrected chi connectivity index (χ3v) is 4.10. The molecule has 1 aromatic heterocycles. The topological polar surface area (TPSA) is 58.4 Å². The van der Waals surface area contributed by atoms with Gasteiger partial charge < -0.3 is 14.6 Å². The second-order valence-corrected chi connectivity index (χ2v) is 5.46. The van der Waals surface area contributed by atoms with E-state index in [2.05, 4.69) is 4.98 Å². The number of fused-ring (bicyclic) bond motifs is 1. The van der Waals surface area contributed by atoms with Crippen LogP contribution in [0.25, 0.3) is 11.0 Å². The van der Waals surface area contributed by atoms with Gasteiger partial charge in [0.15, 0.2) is 0 Å². The first-order chi connectivity index (χ1) is 10.3. The summed E-state index contributed by atoms with van der Waals surface area (Å²) >= 11 is 0. The summed E-state index contributed by atoms with van der Waals surface area (Å²) in [7, 11) is 1.71. The van der Waals surface area contributed by atoms with Gasteiger partial charge >= 0.3 is 12.1 Å². The van der Waals surface area contributed by atoms with Gasteiger partial charge in [-0.25, -0.2) is 4.98 Å².